The molecule has 2 N–H and O–H groups in total. The van der Waals surface area contributed by atoms with Crippen molar-refractivity contribution in [3.05, 3.63) is 59.9 Å². The molecule has 4 rings (SSSR count). The van der Waals surface area contributed by atoms with E-state index < -0.39 is 5.41 Å². The highest BCUT2D eigenvalue weighted by Gasteiger charge is 2.40. The van der Waals surface area contributed by atoms with E-state index in [1.165, 1.54) is 0 Å². The summed E-state index contributed by atoms with van der Waals surface area (Å²) in [5.74, 6) is -0.107. The van der Waals surface area contributed by atoms with Gasteiger partial charge in [0, 0.05) is 58.7 Å². The molecule has 1 unspecified atom stereocenters. The van der Waals surface area contributed by atoms with E-state index in [0.717, 1.165) is 24.1 Å². The summed E-state index contributed by atoms with van der Waals surface area (Å²) in [6, 6.07) is 11.2. The number of carbonyl (C=O) groups excluding carboxylic acids is 3. The molecule has 0 aliphatic carbocycles. The van der Waals surface area contributed by atoms with Gasteiger partial charge in [0.25, 0.3) is 5.91 Å². The normalized spacial score (nSPS) is 20.1. The molecule has 10 nitrogen and oxygen atoms in total. The van der Waals surface area contributed by atoms with Crippen molar-refractivity contribution in [1.82, 2.24) is 20.5 Å². The summed E-state index contributed by atoms with van der Waals surface area (Å²) < 4.78 is 16.5. The molecule has 0 radical (unpaired) electrons. The smallest absolute Gasteiger partial charge is 0.314 e. The number of hydrogen-bond acceptors (Lipinski definition) is 8. The Morgan fingerprint density at radius 1 is 1.10 bits per heavy atom. The van der Waals surface area contributed by atoms with Crippen molar-refractivity contribution in [2.24, 2.45) is 5.41 Å². The maximum absolute atomic E-state index is 13.3. The van der Waals surface area contributed by atoms with Crippen LogP contribution >= 0.6 is 0 Å². The van der Waals surface area contributed by atoms with Crippen molar-refractivity contribution in [3.63, 3.8) is 0 Å². The molecule has 218 valence electrons. The predicted octanol–water partition coefficient (Wildman–Crippen LogP) is 2.51. The summed E-state index contributed by atoms with van der Waals surface area (Å²) in [6.07, 6.45) is 6.06. The second kappa shape index (κ2) is 16.6. The van der Waals surface area contributed by atoms with Crippen LogP contribution in [0.5, 0.6) is 5.75 Å². The lowest BCUT2D eigenvalue weighted by atomic mass is 9.78. The Hall–Kier alpha value is -3.50. The third-order valence-electron chi connectivity index (χ3n) is 6.93. The Kier molecular flexibility index (Phi) is 12.9. The van der Waals surface area contributed by atoms with Crippen LogP contribution in [0.25, 0.3) is 0 Å². The average Bonchev–Trinajstić information content (AvgIpc) is 2.96. The molecule has 1 aromatic heterocycles. The van der Waals surface area contributed by atoms with Crippen molar-refractivity contribution >= 4 is 17.8 Å². The van der Waals surface area contributed by atoms with Crippen molar-refractivity contribution in [3.8, 4) is 5.75 Å². The molecule has 1 aromatic carbocycles. The lowest BCUT2D eigenvalue weighted by Gasteiger charge is -2.32. The Balaban J connectivity index is 1.78. The molecule has 2 aromatic rings. The summed E-state index contributed by atoms with van der Waals surface area (Å²) in [4.78, 5) is 45.0. The van der Waals surface area contributed by atoms with Crippen molar-refractivity contribution < 1.29 is 28.6 Å². The maximum Gasteiger partial charge on any atom is 0.314 e. The van der Waals surface area contributed by atoms with Crippen molar-refractivity contribution in [2.75, 3.05) is 53.1 Å². The number of pyridine rings is 1. The number of ether oxygens (including phenoxy) is 3. The topological polar surface area (TPSA) is 119 Å². The second-order valence-corrected chi connectivity index (χ2v) is 10.1. The van der Waals surface area contributed by atoms with E-state index in [9.17, 15) is 14.4 Å². The zero-order valence-electron chi connectivity index (χ0n) is 23.7. The third-order valence-corrected chi connectivity index (χ3v) is 6.93. The number of hydrogen-bond donors (Lipinski definition) is 2. The zero-order valence-corrected chi connectivity index (χ0v) is 23.7. The molecule has 10 heteroatoms. The number of carbonyl (C=O) groups is 3. The number of esters is 1. The molecule has 2 bridgehead atoms. The van der Waals surface area contributed by atoms with Crippen LogP contribution in [0.3, 0.4) is 0 Å². The second-order valence-electron chi connectivity index (χ2n) is 10.1. The fraction of sp³-hybridized carbons (Fsp3) is 0.533. The molecule has 40 heavy (non-hydrogen) atoms. The number of fused-ring (bicyclic) bond motifs is 17. The van der Waals surface area contributed by atoms with Crippen LogP contribution in [0.2, 0.25) is 0 Å². The Labute approximate surface area is 236 Å². The molecule has 0 spiro atoms. The van der Waals surface area contributed by atoms with E-state index in [-0.39, 0.29) is 37.5 Å². The first-order valence-corrected chi connectivity index (χ1v) is 14.0. The van der Waals surface area contributed by atoms with Crippen LogP contribution in [0, 0.1) is 5.41 Å². The minimum atomic E-state index is -0.989. The molecule has 2 aliphatic rings. The van der Waals surface area contributed by atoms with Crippen LogP contribution in [-0.4, -0.2) is 80.8 Å². The molecule has 2 aliphatic heterocycles. The molecule has 2 amide bonds. The standard InChI is InChI=1S/C30H42N4O6/c1-3-39-29(37)30(13-18-38-2)19-24-9-11-26(12-10-24)40-22-28(36)32-15-6-17-34(16-5-8-27(35)33-23-30)21-25-7-4-14-31-20-25/h4,7,9-12,14,20H,3,5-6,8,13,15-19,21-23H2,1-2H3,(H,32,36)(H,33,35). The van der Waals surface area contributed by atoms with Crippen LogP contribution in [0.15, 0.2) is 48.8 Å². The highest BCUT2D eigenvalue weighted by molar-refractivity contribution is 5.80. The first kappa shape index (κ1) is 31.0. The van der Waals surface area contributed by atoms with Gasteiger partial charge < -0.3 is 24.8 Å². The van der Waals surface area contributed by atoms with Gasteiger partial charge >= 0.3 is 5.97 Å². The average molecular weight is 555 g/mol. The first-order valence-electron chi connectivity index (χ1n) is 14.0. The minimum absolute atomic E-state index is 0.0780. The quantitative estimate of drug-likeness (QED) is 0.501. The number of methoxy groups -OCH3 is 1. The Morgan fingerprint density at radius 2 is 1.90 bits per heavy atom. The number of amides is 2. The molecule has 0 saturated carbocycles. The predicted molar refractivity (Wildman–Crippen MR) is 151 cm³/mol. The van der Waals surface area contributed by atoms with Crippen LogP contribution in [0.4, 0.5) is 0 Å². The van der Waals surface area contributed by atoms with Crippen molar-refractivity contribution in [2.45, 2.75) is 45.6 Å². The van der Waals surface area contributed by atoms with Gasteiger partial charge in [-0.1, -0.05) is 18.2 Å². The molecular weight excluding hydrogens is 512 g/mol. The number of nitrogens with one attached hydrogen (secondary N) is 2. The lowest BCUT2D eigenvalue weighted by molar-refractivity contribution is -0.156. The number of rotatable bonds is 7. The van der Waals surface area contributed by atoms with Crippen LogP contribution in [0.1, 0.15) is 43.7 Å². The number of nitrogens with zero attached hydrogens (tertiary/aromatic N) is 2. The van der Waals surface area contributed by atoms with E-state index in [1.807, 2.05) is 30.5 Å². The highest BCUT2D eigenvalue weighted by Crippen LogP contribution is 2.30. The van der Waals surface area contributed by atoms with Gasteiger partial charge in [0.2, 0.25) is 5.91 Å². The SMILES string of the molecule is CCOC(=O)C1(CCOC)CNC(=O)CCCN(Cc2cccnc2)CCCNC(=O)COc2ccc(cc2)C1. The fourth-order valence-corrected chi connectivity index (χ4v) is 4.73. The van der Waals surface area contributed by atoms with E-state index in [0.29, 0.717) is 57.7 Å². The maximum atomic E-state index is 13.3. The summed E-state index contributed by atoms with van der Waals surface area (Å²) in [7, 11) is 1.59. The minimum Gasteiger partial charge on any atom is -0.484 e. The Morgan fingerprint density at radius 3 is 2.62 bits per heavy atom. The molecule has 0 fully saturated rings. The van der Waals surface area contributed by atoms with E-state index >= 15 is 0 Å². The van der Waals surface area contributed by atoms with Crippen LogP contribution in [-0.2, 0) is 36.8 Å². The third kappa shape index (κ3) is 10.2. The van der Waals surface area contributed by atoms with Gasteiger partial charge in [0.05, 0.1) is 12.0 Å². The van der Waals surface area contributed by atoms with Crippen LogP contribution < -0.4 is 15.4 Å². The molecular formula is C30H42N4O6. The van der Waals surface area contributed by atoms with Gasteiger partial charge in [0.1, 0.15) is 5.75 Å². The fourth-order valence-electron chi connectivity index (χ4n) is 4.73. The monoisotopic (exact) mass is 554 g/mol. The van der Waals surface area contributed by atoms with Gasteiger partial charge in [-0.3, -0.25) is 24.3 Å². The largest absolute Gasteiger partial charge is 0.484 e. The Bertz CT molecular complexity index is 1070. The summed E-state index contributed by atoms with van der Waals surface area (Å²) in [6.45, 7) is 5.11. The lowest BCUT2D eigenvalue weighted by Crippen LogP contribution is -2.46. The van der Waals surface area contributed by atoms with E-state index in [4.69, 9.17) is 14.2 Å². The number of aromatic nitrogens is 1. The zero-order chi connectivity index (χ0) is 28.6. The van der Waals surface area contributed by atoms with Gasteiger partial charge in [-0.05, 0) is 68.5 Å². The highest BCUT2D eigenvalue weighted by atomic mass is 16.5. The van der Waals surface area contributed by atoms with Gasteiger partial charge in [-0.2, -0.15) is 0 Å². The van der Waals surface area contributed by atoms with E-state index in [2.05, 4.69) is 20.5 Å². The first-order chi connectivity index (χ1) is 19.4. The van der Waals surface area contributed by atoms with Gasteiger partial charge in [-0.15, -0.1) is 0 Å². The molecule has 3 heterocycles. The number of benzene rings is 1. The molecule has 1 atom stereocenters. The van der Waals surface area contributed by atoms with Crippen molar-refractivity contribution in [1.29, 1.82) is 0 Å². The van der Waals surface area contributed by atoms with E-state index in [1.54, 1.807) is 32.4 Å². The van der Waals surface area contributed by atoms with Gasteiger partial charge in [0.15, 0.2) is 6.61 Å². The summed E-state index contributed by atoms with van der Waals surface area (Å²) >= 11 is 0. The van der Waals surface area contributed by atoms with Gasteiger partial charge in [-0.25, -0.2) is 0 Å². The summed E-state index contributed by atoms with van der Waals surface area (Å²) in [5, 5.41) is 5.92. The summed E-state index contributed by atoms with van der Waals surface area (Å²) in [5.41, 5.74) is 0.981. The molecule has 0 saturated heterocycles.